The second-order valence-corrected chi connectivity index (χ2v) is 6.59. The molecule has 1 heterocycles. The second-order valence-electron chi connectivity index (χ2n) is 6.16. The highest BCUT2D eigenvalue weighted by molar-refractivity contribution is 6.30. The summed E-state index contributed by atoms with van der Waals surface area (Å²) < 4.78 is 19.8. The first-order valence-electron chi connectivity index (χ1n) is 8.10. The summed E-state index contributed by atoms with van der Waals surface area (Å²) in [5.41, 5.74) is 0.912. The lowest BCUT2D eigenvalue weighted by molar-refractivity contribution is 0.0944. The summed E-state index contributed by atoms with van der Waals surface area (Å²) in [4.78, 5) is 17.2. The molecule has 0 radical (unpaired) electrons. The van der Waals surface area contributed by atoms with Gasteiger partial charge in [-0.05, 0) is 42.3 Å². The second kappa shape index (κ2) is 7.66. The Morgan fingerprint density at radius 3 is 2.62 bits per heavy atom. The molecule has 1 aromatic heterocycles. The topological polar surface area (TPSA) is 57.0 Å². The molecule has 0 unspecified atom stereocenters. The molecule has 0 bridgehead atoms. The maximum atomic E-state index is 13.1. The van der Waals surface area contributed by atoms with Crippen molar-refractivity contribution in [2.24, 2.45) is 5.92 Å². The van der Waals surface area contributed by atoms with Gasteiger partial charge in [-0.25, -0.2) is 4.39 Å². The molecule has 7 heteroatoms. The normalized spacial score (nSPS) is 11.0. The number of hydrogen-bond donors (Lipinski definition) is 0. The van der Waals surface area contributed by atoms with Crippen molar-refractivity contribution in [2.75, 3.05) is 6.61 Å². The van der Waals surface area contributed by atoms with Crippen LogP contribution in [0.15, 0.2) is 48.5 Å². The highest BCUT2D eigenvalue weighted by Gasteiger charge is 2.20. The quantitative estimate of drug-likeness (QED) is 0.662. The van der Waals surface area contributed by atoms with Crippen LogP contribution in [0.1, 0.15) is 24.2 Å². The number of ether oxygens (including phenoxy) is 1. The van der Waals surface area contributed by atoms with E-state index in [2.05, 4.69) is 10.1 Å². The van der Waals surface area contributed by atoms with Gasteiger partial charge in [-0.15, -0.1) is 5.10 Å². The van der Waals surface area contributed by atoms with Gasteiger partial charge in [0.1, 0.15) is 5.82 Å². The van der Waals surface area contributed by atoms with Crippen molar-refractivity contribution in [1.82, 2.24) is 14.8 Å². The number of hydrogen-bond acceptors (Lipinski definition) is 4. The predicted molar refractivity (Wildman–Crippen MR) is 96.9 cm³/mol. The molecule has 0 aliphatic heterocycles. The number of rotatable bonds is 5. The molecule has 0 fully saturated rings. The molecule has 5 nitrogen and oxygen atoms in total. The van der Waals surface area contributed by atoms with Gasteiger partial charge < -0.3 is 4.74 Å². The van der Waals surface area contributed by atoms with Gasteiger partial charge in [0.2, 0.25) is 0 Å². The van der Waals surface area contributed by atoms with E-state index in [4.69, 9.17) is 16.3 Å². The first kappa shape index (κ1) is 18.1. The Morgan fingerprint density at radius 1 is 1.23 bits per heavy atom. The highest BCUT2D eigenvalue weighted by atomic mass is 35.5. The van der Waals surface area contributed by atoms with Gasteiger partial charge in [0.15, 0.2) is 5.82 Å². The summed E-state index contributed by atoms with van der Waals surface area (Å²) in [5, 5.41) is 4.69. The lowest BCUT2D eigenvalue weighted by atomic mass is 10.2. The zero-order chi connectivity index (χ0) is 18.7. The Hall–Kier alpha value is -2.73. The van der Waals surface area contributed by atoms with Gasteiger partial charge in [-0.1, -0.05) is 37.6 Å². The van der Waals surface area contributed by atoms with E-state index < -0.39 is 11.7 Å². The Bertz CT molecular complexity index is 923. The van der Waals surface area contributed by atoms with Crippen LogP contribution in [0.4, 0.5) is 4.39 Å². The van der Waals surface area contributed by atoms with Gasteiger partial charge in [-0.2, -0.15) is 9.67 Å². The summed E-state index contributed by atoms with van der Waals surface area (Å²) in [5.74, 6) is -0.270. The summed E-state index contributed by atoms with van der Waals surface area (Å²) in [6, 6.07) is 12.3. The van der Waals surface area contributed by atoms with Crippen LogP contribution in [-0.4, -0.2) is 27.3 Å². The van der Waals surface area contributed by atoms with Gasteiger partial charge >= 0.3 is 6.01 Å². The van der Waals surface area contributed by atoms with Crippen LogP contribution < -0.4 is 4.74 Å². The molecule has 0 amide bonds. The molecule has 26 heavy (non-hydrogen) atoms. The molecule has 3 aromatic rings. The molecule has 0 atom stereocenters. The van der Waals surface area contributed by atoms with Crippen molar-refractivity contribution < 1.29 is 13.9 Å². The monoisotopic (exact) mass is 373 g/mol. The van der Waals surface area contributed by atoms with Crippen molar-refractivity contribution in [3.05, 3.63) is 64.9 Å². The largest absolute Gasteiger partial charge is 0.462 e. The van der Waals surface area contributed by atoms with Crippen LogP contribution >= 0.6 is 11.6 Å². The highest BCUT2D eigenvalue weighted by Crippen LogP contribution is 2.24. The van der Waals surface area contributed by atoms with Gasteiger partial charge in [0.05, 0.1) is 6.61 Å². The number of carbonyl (C=O) groups excluding carboxylic acids is 1. The molecule has 2 aromatic carbocycles. The molecule has 0 spiro atoms. The summed E-state index contributed by atoms with van der Waals surface area (Å²) in [7, 11) is 0. The van der Waals surface area contributed by atoms with E-state index in [1.807, 2.05) is 13.8 Å². The van der Waals surface area contributed by atoms with Crippen molar-refractivity contribution in [2.45, 2.75) is 13.8 Å². The first-order chi connectivity index (χ1) is 12.4. The van der Waals surface area contributed by atoms with Crippen LogP contribution in [0.2, 0.25) is 5.02 Å². The van der Waals surface area contributed by atoms with Crippen LogP contribution in [0.25, 0.3) is 11.4 Å². The van der Waals surface area contributed by atoms with E-state index in [1.54, 1.807) is 24.3 Å². The third-order valence-electron chi connectivity index (χ3n) is 3.50. The zero-order valence-corrected chi connectivity index (χ0v) is 15.1. The zero-order valence-electron chi connectivity index (χ0n) is 14.3. The minimum absolute atomic E-state index is 0.101. The van der Waals surface area contributed by atoms with Crippen LogP contribution in [-0.2, 0) is 0 Å². The summed E-state index contributed by atoms with van der Waals surface area (Å²) in [6.07, 6.45) is 0. The molecule has 0 N–H and O–H groups in total. The molecule has 3 rings (SSSR count). The van der Waals surface area contributed by atoms with E-state index >= 15 is 0 Å². The SMILES string of the molecule is CC(C)COc1nc(-c2cccc(Cl)c2)n(C(=O)c2ccc(F)cc2)n1. The molecule has 0 saturated carbocycles. The molecule has 0 saturated heterocycles. The minimum atomic E-state index is -0.438. The number of carbonyl (C=O) groups is 1. The predicted octanol–water partition coefficient (Wildman–Crippen LogP) is 4.46. The van der Waals surface area contributed by atoms with Crippen molar-refractivity contribution in [1.29, 1.82) is 0 Å². The number of halogens is 2. The lowest BCUT2D eigenvalue weighted by Crippen LogP contribution is -2.15. The maximum absolute atomic E-state index is 13.1. The molecule has 134 valence electrons. The molecular formula is C19H17ClFN3O2. The van der Waals surface area contributed by atoms with Crippen LogP contribution in [0, 0.1) is 11.7 Å². The van der Waals surface area contributed by atoms with Gasteiger partial charge in [-0.3, -0.25) is 4.79 Å². The Morgan fingerprint density at radius 2 is 1.96 bits per heavy atom. The number of aromatic nitrogens is 3. The molecule has 0 aliphatic carbocycles. The number of nitrogens with zero attached hydrogens (tertiary/aromatic N) is 3. The van der Waals surface area contributed by atoms with Gasteiger partial charge in [0.25, 0.3) is 5.91 Å². The lowest BCUT2D eigenvalue weighted by Gasteiger charge is -2.05. The molecule has 0 aliphatic rings. The van der Waals surface area contributed by atoms with E-state index in [-0.39, 0.29) is 17.5 Å². The standard InChI is InChI=1S/C19H17ClFN3O2/c1-12(2)11-26-19-22-17(14-4-3-5-15(20)10-14)24(23-19)18(25)13-6-8-16(21)9-7-13/h3-10,12H,11H2,1-2H3. The van der Waals surface area contributed by atoms with Crippen molar-refractivity contribution >= 4 is 17.5 Å². The Kier molecular flexibility index (Phi) is 5.32. The maximum Gasteiger partial charge on any atom is 0.336 e. The fourth-order valence-electron chi connectivity index (χ4n) is 2.27. The van der Waals surface area contributed by atoms with E-state index in [1.165, 1.54) is 24.3 Å². The fraction of sp³-hybridized carbons (Fsp3) is 0.211. The first-order valence-corrected chi connectivity index (χ1v) is 8.48. The minimum Gasteiger partial charge on any atom is -0.462 e. The van der Waals surface area contributed by atoms with E-state index in [9.17, 15) is 9.18 Å². The average molecular weight is 374 g/mol. The third-order valence-corrected chi connectivity index (χ3v) is 3.73. The smallest absolute Gasteiger partial charge is 0.336 e. The van der Waals surface area contributed by atoms with Crippen LogP contribution in [0.3, 0.4) is 0 Å². The van der Waals surface area contributed by atoms with Gasteiger partial charge in [0, 0.05) is 16.1 Å². The molecular weight excluding hydrogens is 357 g/mol. The summed E-state index contributed by atoms with van der Waals surface area (Å²) in [6.45, 7) is 4.42. The Labute approximate surface area is 155 Å². The van der Waals surface area contributed by atoms with Crippen LogP contribution in [0.5, 0.6) is 6.01 Å². The van der Waals surface area contributed by atoms with E-state index in [0.29, 0.717) is 23.0 Å². The average Bonchev–Trinajstić information content (AvgIpc) is 3.04. The number of benzene rings is 2. The van der Waals surface area contributed by atoms with Crippen molar-refractivity contribution in [3.63, 3.8) is 0 Å². The summed E-state index contributed by atoms with van der Waals surface area (Å²) >= 11 is 6.06. The Balaban J connectivity index is 2.03. The van der Waals surface area contributed by atoms with E-state index in [0.717, 1.165) is 4.68 Å². The van der Waals surface area contributed by atoms with Crippen molar-refractivity contribution in [3.8, 4) is 17.4 Å². The third kappa shape index (κ3) is 4.08. The fourth-order valence-corrected chi connectivity index (χ4v) is 2.46.